The number of methoxy groups -OCH3 is 1. The van der Waals surface area contributed by atoms with Crippen LogP contribution in [0.2, 0.25) is 0 Å². The molecule has 204 valence electrons. The Kier molecular flexibility index (Phi) is 11.4. The fourth-order valence-corrected chi connectivity index (χ4v) is 5.13. The molecule has 0 aliphatic carbocycles. The molecule has 0 fully saturated rings. The number of ether oxygens (including phenoxy) is 1. The molecule has 0 aliphatic rings. The molecular formula is C28H41N3O5S. The third-order valence-electron chi connectivity index (χ3n) is 6.13. The van der Waals surface area contributed by atoms with Gasteiger partial charge in [-0.15, -0.1) is 0 Å². The zero-order chi connectivity index (χ0) is 27.6. The standard InChI is InChI=1S/C28H41N3O5S/c1-7-8-14-29-28(33)23(4)30(20-24-11-9-12-26(19-24)36-5)27(32)13-10-15-31(37(6,34)35)25-17-21(2)16-22(3)18-25/h9,11-12,16-19,23H,7-8,10,13-15,20H2,1-6H3,(H,29,33). The van der Waals surface area contributed by atoms with Crippen LogP contribution in [0.4, 0.5) is 5.69 Å². The van der Waals surface area contributed by atoms with Gasteiger partial charge in [0.05, 0.1) is 19.1 Å². The number of anilines is 1. The lowest BCUT2D eigenvalue weighted by atomic mass is 10.1. The molecule has 0 aliphatic heterocycles. The molecule has 0 spiro atoms. The Labute approximate surface area is 222 Å². The Bertz CT molecular complexity index is 1150. The van der Waals surface area contributed by atoms with Crippen molar-refractivity contribution >= 4 is 27.5 Å². The van der Waals surface area contributed by atoms with Crippen LogP contribution in [0.1, 0.15) is 56.2 Å². The number of nitrogens with zero attached hydrogens (tertiary/aromatic N) is 2. The molecule has 37 heavy (non-hydrogen) atoms. The highest BCUT2D eigenvalue weighted by Crippen LogP contribution is 2.22. The lowest BCUT2D eigenvalue weighted by molar-refractivity contribution is -0.140. The van der Waals surface area contributed by atoms with E-state index in [-0.39, 0.29) is 31.3 Å². The molecule has 0 bridgehead atoms. The minimum Gasteiger partial charge on any atom is -0.497 e. The summed E-state index contributed by atoms with van der Waals surface area (Å²) in [4.78, 5) is 27.8. The van der Waals surface area contributed by atoms with Crippen LogP contribution in [-0.4, -0.2) is 57.6 Å². The molecule has 1 unspecified atom stereocenters. The van der Waals surface area contributed by atoms with E-state index in [2.05, 4.69) is 5.32 Å². The van der Waals surface area contributed by atoms with Gasteiger partial charge in [-0.05, 0) is 74.6 Å². The maximum Gasteiger partial charge on any atom is 0.242 e. The van der Waals surface area contributed by atoms with Gasteiger partial charge in [0.1, 0.15) is 11.8 Å². The number of unbranched alkanes of at least 4 members (excludes halogenated alkanes) is 1. The smallest absolute Gasteiger partial charge is 0.242 e. The second-order valence-electron chi connectivity index (χ2n) is 9.48. The first-order chi connectivity index (χ1) is 17.5. The number of rotatable bonds is 14. The SMILES string of the molecule is CCCCNC(=O)C(C)N(Cc1cccc(OC)c1)C(=O)CCCN(c1cc(C)cc(C)c1)S(C)(=O)=O. The molecule has 2 aromatic rings. The molecule has 1 atom stereocenters. The van der Waals surface area contributed by atoms with Gasteiger partial charge in [0.25, 0.3) is 0 Å². The zero-order valence-corrected chi connectivity index (χ0v) is 23.7. The monoisotopic (exact) mass is 531 g/mol. The van der Waals surface area contributed by atoms with Crippen molar-refractivity contribution < 1.29 is 22.7 Å². The van der Waals surface area contributed by atoms with E-state index in [4.69, 9.17) is 4.74 Å². The Morgan fingerprint density at radius 2 is 1.73 bits per heavy atom. The highest BCUT2D eigenvalue weighted by Gasteiger charge is 2.26. The Morgan fingerprint density at radius 3 is 2.32 bits per heavy atom. The number of carbonyl (C=O) groups excluding carboxylic acids is 2. The minimum atomic E-state index is -3.54. The third-order valence-corrected chi connectivity index (χ3v) is 7.32. The zero-order valence-electron chi connectivity index (χ0n) is 22.9. The number of nitrogens with one attached hydrogen (secondary N) is 1. The first-order valence-electron chi connectivity index (χ1n) is 12.7. The first-order valence-corrected chi connectivity index (χ1v) is 14.6. The quantitative estimate of drug-likeness (QED) is 0.369. The second kappa shape index (κ2) is 14.0. The van der Waals surface area contributed by atoms with E-state index in [9.17, 15) is 18.0 Å². The molecule has 1 N–H and O–H groups in total. The summed E-state index contributed by atoms with van der Waals surface area (Å²) in [6.45, 7) is 8.57. The highest BCUT2D eigenvalue weighted by atomic mass is 32.2. The van der Waals surface area contributed by atoms with Crippen LogP contribution in [0.5, 0.6) is 5.75 Å². The van der Waals surface area contributed by atoms with E-state index in [1.165, 1.54) is 10.6 Å². The summed E-state index contributed by atoms with van der Waals surface area (Å²) in [7, 11) is -1.96. The second-order valence-corrected chi connectivity index (χ2v) is 11.4. The molecule has 9 heteroatoms. The van der Waals surface area contributed by atoms with Crippen molar-refractivity contribution in [3.8, 4) is 5.75 Å². The largest absolute Gasteiger partial charge is 0.497 e. The number of amides is 2. The highest BCUT2D eigenvalue weighted by molar-refractivity contribution is 7.92. The Balaban J connectivity index is 2.19. The van der Waals surface area contributed by atoms with Crippen LogP contribution in [0.3, 0.4) is 0 Å². The lowest BCUT2D eigenvalue weighted by Crippen LogP contribution is -2.48. The van der Waals surface area contributed by atoms with E-state index >= 15 is 0 Å². The number of carbonyl (C=O) groups is 2. The van der Waals surface area contributed by atoms with Crippen molar-refractivity contribution in [2.24, 2.45) is 0 Å². The van der Waals surface area contributed by atoms with Crippen LogP contribution in [-0.2, 0) is 26.2 Å². The summed E-state index contributed by atoms with van der Waals surface area (Å²) in [5.74, 6) is 0.245. The minimum absolute atomic E-state index is 0.105. The molecule has 8 nitrogen and oxygen atoms in total. The van der Waals surface area contributed by atoms with E-state index in [0.29, 0.717) is 24.4 Å². The summed E-state index contributed by atoms with van der Waals surface area (Å²) < 4.78 is 31.8. The molecule has 0 radical (unpaired) electrons. The summed E-state index contributed by atoms with van der Waals surface area (Å²) in [5, 5.41) is 2.91. The predicted molar refractivity (Wildman–Crippen MR) is 148 cm³/mol. The molecule has 0 heterocycles. The fraction of sp³-hybridized carbons (Fsp3) is 0.500. The number of hydrogen-bond acceptors (Lipinski definition) is 5. The van der Waals surface area contributed by atoms with Crippen LogP contribution in [0.15, 0.2) is 42.5 Å². The molecule has 2 aromatic carbocycles. The van der Waals surface area contributed by atoms with Gasteiger partial charge in [-0.3, -0.25) is 13.9 Å². The predicted octanol–water partition coefficient (Wildman–Crippen LogP) is 4.19. The van der Waals surface area contributed by atoms with Crippen molar-refractivity contribution in [1.82, 2.24) is 10.2 Å². The van der Waals surface area contributed by atoms with Gasteiger partial charge in [-0.1, -0.05) is 31.5 Å². The average molecular weight is 532 g/mol. The van der Waals surface area contributed by atoms with Gasteiger partial charge >= 0.3 is 0 Å². The van der Waals surface area contributed by atoms with Gasteiger partial charge in [0, 0.05) is 26.1 Å². The number of benzene rings is 2. The van der Waals surface area contributed by atoms with E-state index in [1.54, 1.807) is 18.9 Å². The Morgan fingerprint density at radius 1 is 1.05 bits per heavy atom. The normalized spacial score (nSPS) is 12.1. The average Bonchev–Trinajstić information content (AvgIpc) is 2.83. The van der Waals surface area contributed by atoms with E-state index in [0.717, 1.165) is 29.5 Å². The summed E-state index contributed by atoms with van der Waals surface area (Å²) in [5.41, 5.74) is 3.36. The van der Waals surface area contributed by atoms with Crippen LogP contribution in [0.25, 0.3) is 0 Å². The van der Waals surface area contributed by atoms with Crippen molar-refractivity contribution in [1.29, 1.82) is 0 Å². The van der Waals surface area contributed by atoms with E-state index in [1.807, 2.05) is 63.2 Å². The van der Waals surface area contributed by atoms with Crippen molar-refractivity contribution in [3.63, 3.8) is 0 Å². The van der Waals surface area contributed by atoms with Crippen molar-refractivity contribution in [2.75, 3.05) is 30.8 Å². The number of sulfonamides is 1. The maximum absolute atomic E-state index is 13.4. The van der Waals surface area contributed by atoms with Crippen molar-refractivity contribution in [2.45, 2.75) is 66.0 Å². The van der Waals surface area contributed by atoms with Gasteiger partial charge in [0.15, 0.2) is 0 Å². The van der Waals surface area contributed by atoms with Gasteiger partial charge in [-0.2, -0.15) is 0 Å². The summed E-state index contributed by atoms with van der Waals surface area (Å²) in [6, 6.07) is 12.3. The first kappa shape index (κ1) is 30.2. The maximum atomic E-state index is 13.4. The molecule has 0 saturated carbocycles. The molecule has 0 saturated heterocycles. The van der Waals surface area contributed by atoms with Gasteiger partial charge in [-0.25, -0.2) is 8.42 Å². The molecule has 2 amide bonds. The van der Waals surface area contributed by atoms with Gasteiger partial charge < -0.3 is 15.0 Å². The molecule has 2 rings (SSSR count). The molecule has 0 aromatic heterocycles. The van der Waals surface area contributed by atoms with Gasteiger partial charge in [0.2, 0.25) is 21.8 Å². The van der Waals surface area contributed by atoms with Crippen LogP contribution >= 0.6 is 0 Å². The fourth-order valence-electron chi connectivity index (χ4n) is 4.18. The van der Waals surface area contributed by atoms with Crippen LogP contribution in [0, 0.1) is 13.8 Å². The lowest BCUT2D eigenvalue weighted by Gasteiger charge is -2.29. The van der Waals surface area contributed by atoms with Crippen molar-refractivity contribution in [3.05, 3.63) is 59.2 Å². The Hall–Kier alpha value is -3.07. The third kappa shape index (κ3) is 9.39. The topological polar surface area (TPSA) is 96.0 Å². The number of hydrogen-bond donors (Lipinski definition) is 1. The summed E-state index contributed by atoms with van der Waals surface area (Å²) >= 11 is 0. The summed E-state index contributed by atoms with van der Waals surface area (Å²) in [6.07, 6.45) is 3.41. The molecular weight excluding hydrogens is 490 g/mol. The number of aryl methyl sites for hydroxylation is 2. The van der Waals surface area contributed by atoms with E-state index < -0.39 is 16.1 Å². The van der Waals surface area contributed by atoms with Crippen LogP contribution < -0.4 is 14.4 Å².